The van der Waals surface area contributed by atoms with Crippen LogP contribution in [0.4, 0.5) is 0 Å². The van der Waals surface area contributed by atoms with Gasteiger partial charge in [-0.15, -0.1) is 0 Å². The van der Waals surface area contributed by atoms with Crippen molar-refractivity contribution >= 4 is 43.1 Å². The van der Waals surface area contributed by atoms with E-state index in [4.69, 9.17) is 16.6 Å². The van der Waals surface area contributed by atoms with Crippen LogP contribution in [0.25, 0.3) is 22.2 Å². The number of aromatic nitrogens is 1. The van der Waals surface area contributed by atoms with E-state index >= 15 is 0 Å². The molecule has 0 unspecified atom stereocenters. The Kier molecular flexibility index (Phi) is 6.34. The third-order valence-corrected chi connectivity index (χ3v) is 6.93. The molecule has 134 valence electrons. The van der Waals surface area contributed by atoms with Crippen LogP contribution in [-0.2, 0) is 0 Å². The molecule has 0 saturated heterocycles. The first-order chi connectivity index (χ1) is 12.5. The number of fused-ring (bicyclic) bond motifs is 1. The van der Waals surface area contributed by atoms with Gasteiger partial charge >= 0.3 is 164 Å². The summed E-state index contributed by atoms with van der Waals surface area (Å²) in [6, 6.07) is 17.2. The minimum absolute atomic E-state index is 0.0526. The Morgan fingerprint density at radius 1 is 1.12 bits per heavy atom. The molecular weight excluding hydrogens is 407 g/mol. The molecule has 3 nitrogen and oxygen atoms in total. The molecule has 1 amide bonds. The minimum atomic E-state index is -0.639. The summed E-state index contributed by atoms with van der Waals surface area (Å²) in [4.78, 5) is 17.5. The summed E-state index contributed by atoms with van der Waals surface area (Å²) in [5.74, 6) is -0.0526. The fraction of sp³-hybridized carbons (Fsp3) is 0.238. The van der Waals surface area contributed by atoms with Crippen LogP contribution in [0.5, 0.6) is 0 Å². The summed E-state index contributed by atoms with van der Waals surface area (Å²) in [5, 5.41) is 5.75. The van der Waals surface area contributed by atoms with Crippen LogP contribution < -0.4 is 5.32 Å². The second kappa shape index (κ2) is 8.70. The Hall–Kier alpha value is -1.83. The summed E-state index contributed by atoms with van der Waals surface area (Å²) in [5.41, 5.74) is 7.81. The first-order valence-electron chi connectivity index (χ1n) is 8.63. The molecule has 1 heterocycles. The monoisotopic (exact) mass is 428 g/mol. The van der Waals surface area contributed by atoms with Crippen molar-refractivity contribution in [2.45, 2.75) is 23.1 Å². The molecule has 0 aliphatic heterocycles. The molecule has 3 aromatic rings. The molecule has 5 heteroatoms. The molecule has 0 atom stereocenters. The maximum absolute atomic E-state index is 12.8. The van der Waals surface area contributed by atoms with Gasteiger partial charge in [-0.1, -0.05) is 0 Å². The van der Waals surface area contributed by atoms with E-state index in [1.54, 1.807) is 6.07 Å². The third kappa shape index (κ3) is 4.66. The number of benzene rings is 2. The summed E-state index contributed by atoms with van der Waals surface area (Å²) in [6.07, 6.45) is 1.04. The van der Waals surface area contributed by atoms with Crippen LogP contribution in [0.2, 0.25) is 21.7 Å². The topological polar surface area (TPSA) is 42.0 Å². The fourth-order valence-electron chi connectivity index (χ4n) is 2.84. The Balaban J connectivity index is 1.96. The fourth-order valence-corrected chi connectivity index (χ4v) is 4.66. The Labute approximate surface area is 164 Å². The van der Waals surface area contributed by atoms with E-state index in [1.807, 2.05) is 48.5 Å². The second-order valence-electron chi connectivity index (χ2n) is 6.50. The van der Waals surface area contributed by atoms with E-state index in [0.29, 0.717) is 17.1 Å². The zero-order valence-corrected chi connectivity index (χ0v) is 17.6. The van der Waals surface area contributed by atoms with Crippen LogP contribution in [0.15, 0.2) is 54.6 Å². The molecule has 26 heavy (non-hydrogen) atoms. The van der Waals surface area contributed by atoms with Gasteiger partial charge in [0.05, 0.1) is 0 Å². The molecule has 0 aliphatic carbocycles. The predicted molar refractivity (Wildman–Crippen MR) is 111 cm³/mol. The van der Waals surface area contributed by atoms with Crippen molar-refractivity contribution in [2.24, 2.45) is 0 Å². The standard InChI is InChI=1S/C21H22AsClN2O/c1-22(2)11-6-12-24-21(26)18-14-19(15-7-4-3-5-8-15)25-20-13-16(23)9-10-17(18)20/h3-5,7-10,13-14H,6,11-12H2,1-2H3,(H,24,26). The molecule has 0 aliphatic rings. The number of halogens is 1. The number of rotatable bonds is 6. The molecular formula is C21H22AsClN2O. The summed E-state index contributed by atoms with van der Waals surface area (Å²) in [6.45, 7) is 0.712. The average Bonchev–Trinajstić information content (AvgIpc) is 2.64. The van der Waals surface area contributed by atoms with Gasteiger partial charge in [-0.2, -0.15) is 0 Å². The number of nitrogens with one attached hydrogen (secondary N) is 1. The van der Waals surface area contributed by atoms with Crippen molar-refractivity contribution in [1.29, 1.82) is 0 Å². The number of nitrogens with zero attached hydrogens (tertiary/aromatic N) is 1. The van der Waals surface area contributed by atoms with Crippen LogP contribution in [0.3, 0.4) is 0 Å². The van der Waals surface area contributed by atoms with Gasteiger partial charge in [0.25, 0.3) is 0 Å². The van der Waals surface area contributed by atoms with Crippen LogP contribution in [0, 0.1) is 0 Å². The van der Waals surface area contributed by atoms with E-state index < -0.39 is 14.7 Å². The van der Waals surface area contributed by atoms with Crippen molar-refractivity contribution in [3.05, 3.63) is 65.2 Å². The van der Waals surface area contributed by atoms with Crippen molar-refractivity contribution in [2.75, 3.05) is 6.54 Å². The predicted octanol–water partition coefficient (Wildman–Crippen LogP) is 5.43. The van der Waals surface area contributed by atoms with Crippen molar-refractivity contribution < 1.29 is 4.79 Å². The van der Waals surface area contributed by atoms with Crippen molar-refractivity contribution in [1.82, 2.24) is 10.3 Å². The van der Waals surface area contributed by atoms with Gasteiger partial charge in [0.2, 0.25) is 0 Å². The SMILES string of the molecule is C[As](C)CCCNC(=O)c1cc(-c2ccccc2)nc2cc(Cl)ccc12. The molecule has 0 radical (unpaired) electrons. The van der Waals surface area contributed by atoms with E-state index in [1.165, 1.54) is 5.21 Å². The molecule has 1 aromatic heterocycles. The van der Waals surface area contributed by atoms with E-state index in [0.717, 1.165) is 28.6 Å². The Morgan fingerprint density at radius 2 is 1.88 bits per heavy atom. The number of amides is 1. The van der Waals surface area contributed by atoms with Gasteiger partial charge in [0, 0.05) is 0 Å². The van der Waals surface area contributed by atoms with Crippen molar-refractivity contribution in [3.8, 4) is 11.3 Å². The number of hydrogen-bond donors (Lipinski definition) is 1. The molecule has 2 aromatic carbocycles. The first-order valence-corrected chi connectivity index (χ1v) is 14.1. The van der Waals surface area contributed by atoms with Gasteiger partial charge in [-0.3, -0.25) is 0 Å². The van der Waals surface area contributed by atoms with Crippen LogP contribution >= 0.6 is 11.6 Å². The molecule has 0 fully saturated rings. The first kappa shape index (κ1) is 18.9. The Bertz CT molecular complexity index is 913. The molecule has 3 rings (SSSR count). The normalized spacial score (nSPS) is 11.1. The van der Waals surface area contributed by atoms with E-state index in [-0.39, 0.29) is 5.91 Å². The van der Waals surface area contributed by atoms with Gasteiger partial charge in [0.1, 0.15) is 0 Å². The maximum atomic E-state index is 12.8. The quantitative estimate of drug-likeness (QED) is 0.420. The Morgan fingerprint density at radius 3 is 2.62 bits per heavy atom. The van der Waals surface area contributed by atoms with Crippen LogP contribution in [0.1, 0.15) is 16.8 Å². The molecule has 0 spiro atoms. The third-order valence-electron chi connectivity index (χ3n) is 4.15. The number of hydrogen-bond acceptors (Lipinski definition) is 2. The number of pyridine rings is 1. The van der Waals surface area contributed by atoms with Crippen molar-refractivity contribution in [3.63, 3.8) is 0 Å². The van der Waals surface area contributed by atoms with Gasteiger partial charge < -0.3 is 0 Å². The number of carbonyl (C=O) groups is 1. The summed E-state index contributed by atoms with van der Waals surface area (Å²) in [7, 11) is 0. The van der Waals surface area contributed by atoms with Crippen LogP contribution in [-0.4, -0.2) is 32.1 Å². The molecule has 0 bridgehead atoms. The average molecular weight is 429 g/mol. The second-order valence-corrected chi connectivity index (χ2v) is 12.4. The van der Waals surface area contributed by atoms with E-state index in [2.05, 4.69) is 16.7 Å². The van der Waals surface area contributed by atoms with Gasteiger partial charge in [0.15, 0.2) is 0 Å². The zero-order valence-electron chi connectivity index (χ0n) is 15.0. The van der Waals surface area contributed by atoms with Gasteiger partial charge in [-0.05, 0) is 0 Å². The van der Waals surface area contributed by atoms with E-state index in [9.17, 15) is 4.79 Å². The summed E-state index contributed by atoms with van der Waals surface area (Å²) >= 11 is 5.51. The molecule has 0 saturated carbocycles. The number of carbonyl (C=O) groups excluding carboxylic acids is 1. The summed E-state index contributed by atoms with van der Waals surface area (Å²) < 4.78 is 0. The molecule has 1 N–H and O–H groups in total. The zero-order chi connectivity index (χ0) is 18.5. The van der Waals surface area contributed by atoms with Gasteiger partial charge in [-0.25, -0.2) is 0 Å².